The maximum absolute atomic E-state index is 14.1. The molecule has 30 nitrogen and oxygen atoms in total. The number of carboxylic acids is 3. The number of nitrogens with two attached hydrogens (primary N) is 4. The first-order valence-electron chi connectivity index (χ1n) is 23.8. The molecule has 0 aliphatic carbocycles. The molecule has 0 saturated heterocycles. The molecule has 0 aromatic heterocycles. The Balaban J connectivity index is 6.57. The van der Waals surface area contributed by atoms with E-state index in [4.69, 9.17) is 28.0 Å². The molecule has 0 unspecified atom stereocenters. The second-order valence-electron chi connectivity index (χ2n) is 18.6. The zero-order valence-corrected chi connectivity index (χ0v) is 42.7. The van der Waals surface area contributed by atoms with E-state index in [2.05, 4.69) is 52.8 Å². The van der Waals surface area contributed by atoms with Crippen molar-refractivity contribution in [3.63, 3.8) is 0 Å². The smallest absolute Gasteiger partial charge is 0.326 e. The van der Waals surface area contributed by atoms with E-state index in [1.807, 2.05) is 0 Å². The van der Waals surface area contributed by atoms with E-state index in [1.165, 1.54) is 6.92 Å². The van der Waals surface area contributed by atoms with Gasteiger partial charge in [0, 0.05) is 13.0 Å². The maximum Gasteiger partial charge on any atom is 0.326 e. The first-order valence-corrected chi connectivity index (χ1v) is 23.8. The number of nitrogens with one attached hydrogen (secondary N) is 9. The van der Waals surface area contributed by atoms with Crippen molar-refractivity contribution < 1.29 is 77.6 Å². The fraction of sp³-hybridized carbons (Fsp3) is 0.682. The molecule has 8 atom stereocenters. The Kier molecular flexibility index (Phi) is 30.4. The first kappa shape index (κ1) is 66.3. The SMILES string of the molecule is CC(C)C[C@H](NC(=O)[C@H](C)NC(=O)[C@H](CCCN=C(N)N)NC(=O)[C@H](CC(C)C)NC(=O)[C@H](CC(C)C)NC(=O)[C@H](CC(=O)O)NC(=O)CNC(=O)CN)C(=O)N[C@@H](CC(N)=O)C(=O)N[C@@H](CCC(=O)O)C(=O)O. The number of carbonyl (C=O) groups is 13. The van der Waals surface area contributed by atoms with Crippen LogP contribution in [0, 0.1) is 17.8 Å². The molecule has 0 radical (unpaired) electrons. The highest BCUT2D eigenvalue weighted by Gasteiger charge is 2.35. The third-order valence-electron chi connectivity index (χ3n) is 10.3. The highest BCUT2D eigenvalue weighted by Crippen LogP contribution is 2.12. The van der Waals surface area contributed by atoms with Crippen LogP contribution < -0.4 is 70.8 Å². The van der Waals surface area contributed by atoms with Gasteiger partial charge in [-0.1, -0.05) is 41.5 Å². The number of hydrogen-bond donors (Lipinski definition) is 16. The average Bonchev–Trinajstić information content (AvgIpc) is 3.27. The van der Waals surface area contributed by atoms with Crippen LogP contribution in [0.25, 0.3) is 0 Å². The van der Waals surface area contributed by atoms with E-state index in [0.717, 1.165) is 0 Å². The van der Waals surface area contributed by atoms with E-state index in [-0.39, 0.29) is 62.4 Å². The zero-order chi connectivity index (χ0) is 57.0. The summed E-state index contributed by atoms with van der Waals surface area (Å²) in [6, 6.07) is -12.2. The summed E-state index contributed by atoms with van der Waals surface area (Å²) in [6.45, 7) is 10.4. The Labute approximate surface area is 427 Å². The molecule has 0 spiro atoms. The third kappa shape index (κ3) is 28.4. The lowest BCUT2D eigenvalue weighted by Crippen LogP contribution is -2.60. The summed E-state index contributed by atoms with van der Waals surface area (Å²) in [7, 11) is 0. The number of aliphatic carboxylic acids is 3. The van der Waals surface area contributed by atoms with Gasteiger partial charge in [0.2, 0.25) is 59.1 Å². The van der Waals surface area contributed by atoms with Crippen LogP contribution >= 0.6 is 0 Å². The second kappa shape index (κ2) is 33.9. The van der Waals surface area contributed by atoms with Crippen molar-refractivity contribution in [1.82, 2.24) is 47.9 Å². The van der Waals surface area contributed by atoms with E-state index >= 15 is 0 Å². The molecule has 0 saturated carbocycles. The summed E-state index contributed by atoms with van der Waals surface area (Å²) in [6.07, 6.45) is -3.06. The quantitative estimate of drug-likeness (QED) is 0.0158. The van der Waals surface area contributed by atoms with Gasteiger partial charge in [0.15, 0.2) is 5.96 Å². The molecule has 10 amide bonds. The molecule has 0 aliphatic rings. The minimum absolute atomic E-state index is 0.00745. The lowest BCUT2D eigenvalue weighted by molar-refractivity contribution is -0.143. The standard InChI is InChI=1S/C44H76N14O16/c1-20(2)13-26(39(69)58-29(16-31(46)59)41(71)54-25(43(73)74)10-11-34(62)63)55-36(66)23(7)51-37(67)24(9-8-12-49-44(47)48)53-38(68)27(14-21(3)4)56-40(70)28(15-22(5)6)57-42(72)30(17-35(64)65)52-33(61)19-50-32(60)18-45/h20-30H,8-19,45H2,1-7H3,(H2,46,59)(H,50,60)(H,51,67)(H,52,61)(H,53,68)(H,54,71)(H,55,66)(H,56,70)(H,57,72)(H,58,69)(H,62,63)(H,64,65)(H,73,74)(H4,47,48,49)/t23-,24-,25-,26-,27-,28-,29-,30-/m0/s1. The Morgan fingerprint density at radius 1 is 0.459 bits per heavy atom. The number of aliphatic imine (C=N–C) groups is 1. The number of rotatable bonds is 36. The van der Waals surface area contributed by atoms with Crippen molar-refractivity contribution in [2.45, 2.75) is 155 Å². The van der Waals surface area contributed by atoms with Gasteiger partial charge in [-0.3, -0.25) is 62.5 Å². The van der Waals surface area contributed by atoms with E-state index in [0.29, 0.717) is 0 Å². The summed E-state index contributed by atoms with van der Waals surface area (Å²) < 4.78 is 0. The van der Waals surface area contributed by atoms with Gasteiger partial charge in [-0.05, 0) is 63.2 Å². The summed E-state index contributed by atoms with van der Waals surface area (Å²) >= 11 is 0. The minimum Gasteiger partial charge on any atom is -0.481 e. The van der Waals surface area contributed by atoms with Crippen LogP contribution in [0.15, 0.2) is 4.99 Å². The van der Waals surface area contributed by atoms with Crippen molar-refractivity contribution >= 4 is 82.9 Å². The van der Waals surface area contributed by atoms with Gasteiger partial charge in [-0.2, -0.15) is 0 Å². The largest absolute Gasteiger partial charge is 0.481 e. The predicted octanol–water partition coefficient (Wildman–Crippen LogP) is -5.55. The number of amides is 10. The number of carboxylic acid groups (broad SMARTS) is 3. The fourth-order valence-corrected chi connectivity index (χ4v) is 6.73. The fourth-order valence-electron chi connectivity index (χ4n) is 6.73. The average molecular weight is 1060 g/mol. The van der Waals surface area contributed by atoms with Crippen molar-refractivity contribution in [3.05, 3.63) is 0 Å². The van der Waals surface area contributed by atoms with Crippen LogP contribution in [-0.2, 0) is 62.3 Å². The summed E-state index contributed by atoms with van der Waals surface area (Å²) in [5, 5.41) is 49.2. The van der Waals surface area contributed by atoms with E-state index < -0.39 is 164 Å². The first-order chi connectivity index (χ1) is 34.4. The van der Waals surface area contributed by atoms with Crippen LogP contribution in [0.4, 0.5) is 0 Å². The normalized spacial score (nSPS) is 14.2. The van der Waals surface area contributed by atoms with Gasteiger partial charge < -0.3 is 86.1 Å². The van der Waals surface area contributed by atoms with Crippen molar-refractivity contribution in [1.29, 1.82) is 0 Å². The number of nitrogens with zero attached hydrogens (tertiary/aromatic N) is 1. The number of primary amides is 1. The van der Waals surface area contributed by atoms with Gasteiger partial charge in [-0.15, -0.1) is 0 Å². The summed E-state index contributed by atoms with van der Waals surface area (Å²) in [5.74, 6) is -15.1. The molecule has 0 aliphatic heterocycles. The number of guanidine groups is 1. The van der Waals surface area contributed by atoms with Crippen LogP contribution in [0.2, 0.25) is 0 Å². The van der Waals surface area contributed by atoms with Gasteiger partial charge in [0.05, 0.1) is 25.9 Å². The van der Waals surface area contributed by atoms with Crippen molar-refractivity contribution in [2.24, 2.45) is 45.7 Å². The lowest BCUT2D eigenvalue weighted by atomic mass is 9.99. The van der Waals surface area contributed by atoms with Gasteiger partial charge >= 0.3 is 17.9 Å². The molecule has 0 aromatic carbocycles. The van der Waals surface area contributed by atoms with E-state index in [1.54, 1.807) is 41.5 Å². The van der Waals surface area contributed by atoms with Crippen LogP contribution in [0.5, 0.6) is 0 Å². The summed E-state index contributed by atoms with van der Waals surface area (Å²) in [4.78, 5) is 170. The Bertz CT molecular complexity index is 2030. The molecular weight excluding hydrogens is 981 g/mol. The Morgan fingerprint density at radius 3 is 1.27 bits per heavy atom. The molecule has 74 heavy (non-hydrogen) atoms. The predicted molar refractivity (Wildman–Crippen MR) is 262 cm³/mol. The molecule has 20 N–H and O–H groups in total. The van der Waals surface area contributed by atoms with Crippen molar-refractivity contribution in [3.8, 4) is 0 Å². The molecule has 0 rings (SSSR count). The van der Waals surface area contributed by atoms with Gasteiger partial charge in [0.1, 0.15) is 48.3 Å². The summed E-state index contributed by atoms with van der Waals surface area (Å²) in [5.41, 5.74) is 21.4. The molecule has 418 valence electrons. The molecule has 30 heteroatoms. The molecule has 0 bridgehead atoms. The number of hydrogen-bond acceptors (Lipinski definition) is 15. The van der Waals surface area contributed by atoms with Gasteiger partial charge in [0.25, 0.3) is 0 Å². The molecule has 0 fully saturated rings. The minimum atomic E-state index is -1.76. The molecule has 0 heterocycles. The Hall–Kier alpha value is -7.66. The van der Waals surface area contributed by atoms with Gasteiger partial charge in [-0.25, -0.2) is 4.79 Å². The molecule has 0 aromatic rings. The molecular formula is C44H76N14O16. The zero-order valence-electron chi connectivity index (χ0n) is 42.7. The van der Waals surface area contributed by atoms with Crippen LogP contribution in [0.1, 0.15) is 106 Å². The van der Waals surface area contributed by atoms with Crippen molar-refractivity contribution in [2.75, 3.05) is 19.6 Å². The third-order valence-corrected chi connectivity index (χ3v) is 10.3. The number of carbonyl (C=O) groups excluding carboxylic acids is 10. The van der Waals surface area contributed by atoms with Crippen LogP contribution in [0.3, 0.4) is 0 Å². The highest BCUT2D eigenvalue weighted by atomic mass is 16.4. The van der Waals surface area contributed by atoms with E-state index in [9.17, 15) is 72.5 Å². The Morgan fingerprint density at radius 2 is 0.865 bits per heavy atom. The lowest BCUT2D eigenvalue weighted by Gasteiger charge is -2.28. The monoisotopic (exact) mass is 1060 g/mol. The maximum atomic E-state index is 14.1. The topological polar surface area (TPSA) is 507 Å². The van der Waals surface area contributed by atoms with Crippen LogP contribution in [-0.4, -0.2) is 166 Å². The second-order valence-corrected chi connectivity index (χ2v) is 18.6. The highest BCUT2D eigenvalue weighted by molar-refractivity contribution is 5.99.